The number of nitrogens with one attached hydrogen (secondary N) is 2. The predicted molar refractivity (Wildman–Crippen MR) is 117 cm³/mol. The summed E-state index contributed by atoms with van der Waals surface area (Å²) in [6, 6.07) is 11.0. The van der Waals surface area contributed by atoms with E-state index in [0.717, 1.165) is 33.3 Å². The van der Waals surface area contributed by atoms with Crippen molar-refractivity contribution in [1.82, 2.24) is 15.2 Å². The van der Waals surface area contributed by atoms with E-state index in [1.54, 1.807) is 27.6 Å². The monoisotopic (exact) mass is 426 g/mol. The number of anilines is 1. The van der Waals surface area contributed by atoms with E-state index in [-0.39, 0.29) is 11.9 Å². The molecule has 0 radical (unpaired) electrons. The van der Waals surface area contributed by atoms with E-state index in [0.29, 0.717) is 19.5 Å². The zero-order valence-corrected chi connectivity index (χ0v) is 17.7. The lowest BCUT2D eigenvalue weighted by molar-refractivity contribution is -0.124. The molecule has 0 bridgehead atoms. The van der Waals surface area contributed by atoms with Gasteiger partial charge in [-0.05, 0) is 42.8 Å². The summed E-state index contributed by atoms with van der Waals surface area (Å²) in [6.45, 7) is 2.89. The van der Waals surface area contributed by atoms with Gasteiger partial charge in [0.15, 0.2) is 0 Å². The zero-order chi connectivity index (χ0) is 20.2. The fourth-order valence-corrected chi connectivity index (χ4v) is 5.01. The first-order valence-corrected chi connectivity index (χ1v) is 11.3. The molecule has 2 aromatic heterocycles. The van der Waals surface area contributed by atoms with Crippen LogP contribution < -0.4 is 10.6 Å². The van der Waals surface area contributed by atoms with Crippen molar-refractivity contribution >= 4 is 40.3 Å². The van der Waals surface area contributed by atoms with Crippen molar-refractivity contribution in [3.05, 3.63) is 58.4 Å². The van der Waals surface area contributed by atoms with E-state index in [9.17, 15) is 9.59 Å². The minimum absolute atomic E-state index is 0.131. The second-order valence-corrected chi connectivity index (χ2v) is 8.74. The lowest BCUT2D eigenvalue weighted by Crippen LogP contribution is -2.47. The van der Waals surface area contributed by atoms with Gasteiger partial charge in [0, 0.05) is 17.6 Å². The van der Waals surface area contributed by atoms with E-state index in [2.05, 4.69) is 15.6 Å². The van der Waals surface area contributed by atoms with Crippen LogP contribution in [0.2, 0.25) is 0 Å². The summed E-state index contributed by atoms with van der Waals surface area (Å²) in [5, 5.41) is 10.8. The first-order chi connectivity index (χ1) is 14.1. The molecule has 0 saturated carbocycles. The molecule has 1 atom stereocenters. The molecular formula is C21H22N4O2S2. The summed E-state index contributed by atoms with van der Waals surface area (Å²) >= 11 is 3.22. The second-order valence-electron chi connectivity index (χ2n) is 6.94. The highest BCUT2D eigenvalue weighted by Crippen LogP contribution is 2.28. The van der Waals surface area contributed by atoms with Gasteiger partial charge in [-0.15, -0.1) is 22.7 Å². The SMILES string of the molecule is Cc1ccccc1NC(=O)N1CCCC1C(=O)NCc1csc(-c2cccs2)n1. The van der Waals surface area contributed by atoms with Gasteiger partial charge in [0.25, 0.3) is 0 Å². The summed E-state index contributed by atoms with van der Waals surface area (Å²) < 4.78 is 0. The lowest BCUT2D eigenvalue weighted by Gasteiger charge is -2.24. The molecule has 1 aliphatic heterocycles. The standard InChI is InChI=1S/C21H22N4O2S2/c1-14-6-2-3-7-16(14)24-21(27)25-10-4-8-17(25)19(26)22-12-15-13-29-20(23-15)18-9-5-11-28-18/h2-3,5-7,9,11,13,17H,4,8,10,12H2,1H3,(H,22,26)(H,24,27). The van der Waals surface area contributed by atoms with Gasteiger partial charge in [0.2, 0.25) is 5.91 Å². The van der Waals surface area contributed by atoms with Gasteiger partial charge >= 0.3 is 6.03 Å². The van der Waals surface area contributed by atoms with Crippen molar-refractivity contribution in [3.63, 3.8) is 0 Å². The molecule has 3 aromatic rings. The van der Waals surface area contributed by atoms with Crippen LogP contribution in [0.1, 0.15) is 24.1 Å². The maximum absolute atomic E-state index is 12.7. The Morgan fingerprint density at radius 2 is 2.07 bits per heavy atom. The number of aryl methyl sites for hydroxylation is 1. The second kappa shape index (κ2) is 8.75. The van der Waals surface area contributed by atoms with E-state index in [1.165, 1.54) is 0 Å². The van der Waals surface area contributed by atoms with Gasteiger partial charge in [-0.3, -0.25) is 4.79 Å². The van der Waals surface area contributed by atoms with Crippen LogP contribution in [0.15, 0.2) is 47.2 Å². The number of urea groups is 1. The Kier molecular flexibility index (Phi) is 5.92. The van der Waals surface area contributed by atoms with Gasteiger partial charge < -0.3 is 15.5 Å². The highest BCUT2D eigenvalue weighted by molar-refractivity contribution is 7.20. The highest BCUT2D eigenvalue weighted by Gasteiger charge is 2.34. The molecule has 0 aliphatic carbocycles. The van der Waals surface area contributed by atoms with Gasteiger partial charge in [-0.25, -0.2) is 9.78 Å². The summed E-state index contributed by atoms with van der Waals surface area (Å²) in [7, 11) is 0. The highest BCUT2D eigenvalue weighted by atomic mass is 32.1. The number of hydrogen-bond acceptors (Lipinski definition) is 5. The Morgan fingerprint density at radius 1 is 1.21 bits per heavy atom. The lowest BCUT2D eigenvalue weighted by atomic mass is 10.2. The van der Waals surface area contributed by atoms with Crippen LogP contribution in [-0.2, 0) is 11.3 Å². The van der Waals surface area contributed by atoms with Crippen molar-refractivity contribution in [2.24, 2.45) is 0 Å². The third kappa shape index (κ3) is 4.49. The zero-order valence-electron chi connectivity index (χ0n) is 16.1. The predicted octanol–water partition coefficient (Wildman–Crippen LogP) is 4.49. The van der Waals surface area contributed by atoms with E-state index >= 15 is 0 Å². The molecular weight excluding hydrogens is 404 g/mol. The Balaban J connectivity index is 1.35. The van der Waals surface area contributed by atoms with Gasteiger partial charge in [-0.1, -0.05) is 24.3 Å². The van der Waals surface area contributed by atoms with Crippen LogP contribution in [-0.4, -0.2) is 34.4 Å². The van der Waals surface area contributed by atoms with Gasteiger partial charge in [0.05, 0.1) is 17.1 Å². The van der Waals surface area contributed by atoms with Crippen molar-refractivity contribution in [2.75, 3.05) is 11.9 Å². The molecule has 1 fully saturated rings. The minimum Gasteiger partial charge on any atom is -0.349 e. The molecule has 150 valence electrons. The number of hydrogen-bond donors (Lipinski definition) is 2. The third-order valence-corrected chi connectivity index (χ3v) is 6.86. The van der Waals surface area contributed by atoms with Crippen LogP contribution in [0.5, 0.6) is 0 Å². The van der Waals surface area contributed by atoms with Crippen LogP contribution in [0.25, 0.3) is 9.88 Å². The largest absolute Gasteiger partial charge is 0.349 e. The summed E-state index contributed by atoms with van der Waals surface area (Å²) in [4.78, 5) is 32.8. The fraction of sp³-hybridized carbons (Fsp3) is 0.286. The number of amides is 3. The van der Waals surface area contributed by atoms with Crippen molar-refractivity contribution in [1.29, 1.82) is 0 Å². The number of rotatable bonds is 5. The molecule has 1 aliphatic rings. The van der Waals surface area contributed by atoms with Crippen molar-refractivity contribution in [2.45, 2.75) is 32.4 Å². The molecule has 1 unspecified atom stereocenters. The number of benzene rings is 1. The Labute approximate surface area is 177 Å². The van der Waals surface area contributed by atoms with E-state index in [1.807, 2.05) is 54.1 Å². The molecule has 3 amide bonds. The van der Waals surface area contributed by atoms with Gasteiger partial charge in [-0.2, -0.15) is 0 Å². The average molecular weight is 427 g/mol. The number of thiophene rings is 1. The topological polar surface area (TPSA) is 74.3 Å². The molecule has 8 heteroatoms. The normalized spacial score (nSPS) is 16.0. The number of para-hydroxylation sites is 1. The maximum Gasteiger partial charge on any atom is 0.322 e. The quantitative estimate of drug-likeness (QED) is 0.631. The van der Waals surface area contributed by atoms with Crippen molar-refractivity contribution in [3.8, 4) is 9.88 Å². The molecule has 1 aromatic carbocycles. The molecule has 0 spiro atoms. The Bertz CT molecular complexity index is 1000. The van der Waals surface area contributed by atoms with Crippen LogP contribution >= 0.6 is 22.7 Å². The average Bonchev–Trinajstić information content (AvgIpc) is 3.48. The van der Waals surface area contributed by atoms with Crippen LogP contribution in [0, 0.1) is 6.92 Å². The minimum atomic E-state index is -0.450. The number of thiazole rings is 1. The molecule has 29 heavy (non-hydrogen) atoms. The first-order valence-electron chi connectivity index (χ1n) is 9.51. The summed E-state index contributed by atoms with van der Waals surface area (Å²) in [6.07, 6.45) is 1.49. The third-order valence-electron chi connectivity index (χ3n) is 4.93. The molecule has 3 heterocycles. The van der Waals surface area contributed by atoms with E-state index < -0.39 is 6.04 Å². The molecule has 2 N–H and O–H groups in total. The number of nitrogens with zero attached hydrogens (tertiary/aromatic N) is 2. The summed E-state index contributed by atoms with van der Waals surface area (Å²) in [5.41, 5.74) is 2.60. The molecule has 1 saturated heterocycles. The number of likely N-dealkylation sites (tertiary alicyclic amines) is 1. The molecule has 4 rings (SSSR count). The maximum atomic E-state index is 12.7. The van der Waals surface area contributed by atoms with Gasteiger partial charge in [0.1, 0.15) is 11.0 Å². The molecule has 6 nitrogen and oxygen atoms in total. The first kappa shape index (κ1) is 19.6. The Hall–Kier alpha value is -2.71. The number of carbonyl (C=O) groups excluding carboxylic acids is 2. The van der Waals surface area contributed by atoms with E-state index in [4.69, 9.17) is 0 Å². The number of aromatic nitrogens is 1. The number of carbonyl (C=O) groups is 2. The smallest absolute Gasteiger partial charge is 0.322 e. The van der Waals surface area contributed by atoms with Crippen LogP contribution in [0.4, 0.5) is 10.5 Å². The fourth-order valence-electron chi connectivity index (χ4n) is 3.38. The van der Waals surface area contributed by atoms with Crippen molar-refractivity contribution < 1.29 is 9.59 Å². The summed E-state index contributed by atoms with van der Waals surface area (Å²) in [5.74, 6) is -0.131. The Morgan fingerprint density at radius 3 is 2.86 bits per heavy atom. The van der Waals surface area contributed by atoms with Crippen LogP contribution in [0.3, 0.4) is 0 Å².